The molecule has 0 amide bonds. The van der Waals surface area contributed by atoms with E-state index in [1.165, 1.54) is 0 Å². The summed E-state index contributed by atoms with van der Waals surface area (Å²) in [5.74, 6) is 0.451. The first-order valence-electron chi connectivity index (χ1n) is 7.34. The van der Waals surface area contributed by atoms with Gasteiger partial charge in [0.25, 0.3) is 10.2 Å². The molecule has 0 aromatic heterocycles. The molecule has 6 heteroatoms. The fourth-order valence-corrected chi connectivity index (χ4v) is 5.27. The van der Waals surface area contributed by atoms with E-state index in [0.717, 1.165) is 32.1 Å². The Morgan fingerprint density at radius 1 is 1.11 bits per heavy atom. The van der Waals surface area contributed by atoms with Gasteiger partial charge in [-0.25, -0.2) is 0 Å². The topological polar surface area (TPSA) is 40.6 Å². The number of alkyl halides is 1. The molecule has 0 radical (unpaired) electrons. The summed E-state index contributed by atoms with van der Waals surface area (Å²) in [5.41, 5.74) is 0. The highest BCUT2D eigenvalue weighted by Crippen LogP contribution is 2.28. The molecule has 2 aliphatic heterocycles. The molecular formula is C13H25ClN2O2S. The first-order chi connectivity index (χ1) is 8.93. The quantitative estimate of drug-likeness (QED) is 0.751. The number of halogens is 1. The van der Waals surface area contributed by atoms with Crippen molar-refractivity contribution in [3.8, 4) is 0 Å². The van der Waals surface area contributed by atoms with Crippen LogP contribution in [0.3, 0.4) is 0 Å². The van der Waals surface area contributed by atoms with Crippen molar-refractivity contribution in [1.82, 2.24) is 8.61 Å². The highest BCUT2D eigenvalue weighted by Gasteiger charge is 2.36. The Morgan fingerprint density at radius 3 is 2.26 bits per heavy atom. The Hall–Kier alpha value is 0.160. The molecule has 2 heterocycles. The van der Waals surface area contributed by atoms with Crippen LogP contribution in [0.5, 0.6) is 0 Å². The van der Waals surface area contributed by atoms with Gasteiger partial charge in [0.1, 0.15) is 0 Å². The van der Waals surface area contributed by atoms with Gasteiger partial charge in [-0.1, -0.05) is 6.42 Å². The molecule has 4 nitrogen and oxygen atoms in total. The molecule has 112 valence electrons. The molecule has 2 unspecified atom stereocenters. The van der Waals surface area contributed by atoms with Gasteiger partial charge < -0.3 is 0 Å². The summed E-state index contributed by atoms with van der Waals surface area (Å²) in [5, 5.41) is 0.138. The van der Waals surface area contributed by atoms with Crippen LogP contribution in [0.2, 0.25) is 0 Å². The summed E-state index contributed by atoms with van der Waals surface area (Å²) in [4.78, 5) is 0. The second kappa shape index (κ2) is 6.29. The lowest BCUT2D eigenvalue weighted by Gasteiger charge is -2.39. The fourth-order valence-electron chi connectivity index (χ4n) is 3.13. The lowest BCUT2D eigenvalue weighted by atomic mass is 9.95. The Bertz CT molecular complexity index is 391. The molecule has 0 spiro atoms. The number of nitrogens with zero attached hydrogens (tertiary/aromatic N) is 2. The summed E-state index contributed by atoms with van der Waals surface area (Å²) >= 11 is 6.11. The molecule has 19 heavy (non-hydrogen) atoms. The SMILES string of the molecule is CC(Cl)C1CCN(S(=O)(=O)N2CCCCC2C)CC1. The van der Waals surface area contributed by atoms with Gasteiger partial charge in [-0.15, -0.1) is 11.6 Å². The molecule has 0 aromatic rings. The third-order valence-electron chi connectivity index (χ3n) is 4.51. The maximum Gasteiger partial charge on any atom is 0.282 e. The standard InChI is InChI=1S/C13H25ClN2O2S/c1-11-5-3-4-8-16(11)19(17,18)15-9-6-13(7-10-15)12(2)14/h11-13H,3-10H2,1-2H3. The van der Waals surface area contributed by atoms with E-state index >= 15 is 0 Å². The number of hydrogen-bond acceptors (Lipinski definition) is 2. The van der Waals surface area contributed by atoms with Gasteiger partial charge in [-0.2, -0.15) is 17.0 Å². The van der Waals surface area contributed by atoms with E-state index in [4.69, 9.17) is 11.6 Å². The predicted molar refractivity (Wildman–Crippen MR) is 78.6 cm³/mol. The molecule has 0 aliphatic carbocycles. The largest absolute Gasteiger partial charge is 0.282 e. The molecule has 2 atom stereocenters. The Balaban J connectivity index is 2.01. The molecule has 0 bridgehead atoms. The summed E-state index contributed by atoms with van der Waals surface area (Å²) < 4.78 is 28.6. The van der Waals surface area contributed by atoms with Crippen molar-refractivity contribution in [1.29, 1.82) is 0 Å². The monoisotopic (exact) mass is 308 g/mol. The first kappa shape index (κ1) is 15.5. The van der Waals surface area contributed by atoms with Gasteiger partial charge in [0.2, 0.25) is 0 Å². The zero-order chi connectivity index (χ0) is 14.0. The van der Waals surface area contributed by atoms with Crippen molar-refractivity contribution >= 4 is 21.8 Å². The summed E-state index contributed by atoms with van der Waals surface area (Å²) in [7, 11) is -3.26. The highest BCUT2D eigenvalue weighted by atomic mass is 35.5. The second-order valence-corrected chi connectivity index (χ2v) is 8.45. The van der Waals surface area contributed by atoms with Crippen LogP contribution >= 0.6 is 11.6 Å². The van der Waals surface area contributed by atoms with Gasteiger partial charge in [0.05, 0.1) is 0 Å². The minimum absolute atomic E-state index is 0.138. The van der Waals surface area contributed by atoms with Crippen LogP contribution in [0, 0.1) is 5.92 Å². The fraction of sp³-hybridized carbons (Fsp3) is 1.00. The van der Waals surface area contributed by atoms with E-state index in [9.17, 15) is 8.42 Å². The van der Waals surface area contributed by atoms with Crippen molar-refractivity contribution < 1.29 is 8.42 Å². The van der Waals surface area contributed by atoms with E-state index in [0.29, 0.717) is 25.6 Å². The van der Waals surface area contributed by atoms with Crippen molar-refractivity contribution in [2.45, 2.75) is 57.4 Å². The van der Waals surface area contributed by atoms with Crippen molar-refractivity contribution in [3.63, 3.8) is 0 Å². The molecule has 2 saturated heterocycles. The average Bonchev–Trinajstić information content (AvgIpc) is 2.39. The van der Waals surface area contributed by atoms with Gasteiger partial charge in [0.15, 0.2) is 0 Å². The third kappa shape index (κ3) is 3.43. The zero-order valence-electron chi connectivity index (χ0n) is 11.9. The summed E-state index contributed by atoms with van der Waals surface area (Å²) in [6.07, 6.45) is 4.87. The molecule has 0 saturated carbocycles. The van der Waals surface area contributed by atoms with Crippen LogP contribution < -0.4 is 0 Å². The smallest absolute Gasteiger partial charge is 0.195 e. The maximum atomic E-state index is 12.6. The minimum atomic E-state index is -3.26. The van der Waals surface area contributed by atoms with E-state index in [1.54, 1.807) is 8.61 Å². The van der Waals surface area contributed by atoms with Crippen LogP contribution in [-0.4, -0.2) is 48.1 Å². The van der Waals surface area contributed by atoms with Crippen LogP contribution in [0.4, 0.5) is 0 Å². The molecular weight excluding hydrogens is 284 g/mol. The maximum absolute atomic E-state index is 12.6. The first-order valence-corrected chi connectivity index (χ1v) is 9.17. The van der Waals surface area contributed by atoms with Crippen molar-refractivity contribution in [2.24, 2.45) is 5.92 Å². The van der Waals surface area contributed by atoms with Crippen LogP contribution in [0.1, 0.15) is 46.0 Å². The molecule has 0 N–H and O–H groups in total. The third-order valence-corrected chi connectivity index (χ3v) is 7.02. The normalized spacial score (nSPS) is 30.4. The van der Waals surface area contributed by atoms with Crippen LogP contribution in [0.15, 0.2) is 0 Å². The molecule has 2 rings (SSSR count). The van der Waals surface area contributed by atoms with Gasteiger partial charge in [-0.05, 0) is 45.4 Å². The summed E-state index contributed by atoms with van der Waals surface area (Å²) in [6, 6.07) is 0.142. The van der Waals surface area contributed by atoms with Gasteiger partial charge in [0, 0.05) is 31.1 Å². The second-order valence-electron chi connectivity index (χ2n) is 5.88. The van der Waals surface area contributed by atoms with Crippen molar-refractivity contribution in [2.75, 3.05) is 19.6 Å². The van der Waals surface area contributed by atoms with Gasteiger partial charge >= 0.3 is 0 Å². The number of piperidine rings is 2. The van der Waals surface area contributed by atoms with Crippen LogP contribution in [0.25, 0.3) is 0 Å². The zero-order valence-corrected chi connectivity index (χ0v) is 13.5. The Kier molecular flexibility index (Phi) is 5.15. The molecule has 2 aliphatic rings. The van der Waals surface area contributed by atoms with Crippen molar-refractivity contribution in [3.05, 3.63) is 0 Å². The van der Waals surface area contributed by atoms with E-state index in [-0.39, 0.29) is 11.4 Å². The molecule has 0 aromatic carbocycles. The van der Waals surface area contributed by atoms with Gasteiger partial charge in [-0.3, -0.25) is 0 Å². The lowest BCUT2D eigenvalue weighted by Crippen LogP contribution is -2.52. The Labute approximate surface area is 122 Å². The minimum Gasteiger partial charge on any atom is -0.195 e. The summed E-state index contributed by atoms with van der Waals surface area (Å²) in [6.45, 7) is 5.93. The average molecular weight is 309 g/mol. The van der Waals surface area contributed by atoms with E-state index in [1.807, 2.05) is 13.8 Å². The van der Waals surface area contributed by atoms with E-state index < -0.39 is 10.2 Å². The van der Waals surface area contributed by atoms with Crippen LogP contribution in [-0.2, 0) is 10.2 Å². The molecule has 2 fully saturated rings. The predicted octanol–water partition coefficient (Wildman–Crippen LogP) is 2.44. The highest BCUT2D eigenvalue weighted by molar-refractivity contribution is 7.86. The van der Waals surface area contributed by atoms with E-state index in [2.05, 4.69) is 0 Å². The number of hydrogen-bond donors (Lipinski definition) is 0. The lowest BCUT2D eigenvalue weighted by molar-refractivity contribution is 0.217. The number of rotatable bonds is 3. The Morgan fingerprint density at radius 2 is 1.74 bits per heavy atom.